The number of hydrogen-bond acceptors (Lipinski definition) is 1. The molecule has 2 atom stereocenters. The zero-order valence-electron chi connectivity index (χ0n) is 11.9. The highest BCUT2D eigenvalue weighted by Gasteiger charge is 2.20. The molecule has 2 unspecified atom stereocenters. The quantitative estimate of drug-likeness (QED) is 0.580. The molecular formula is C15H25ClS. The number of rotatable bonds is 4. The first-order chi connectivity index (χ1) is 7.69. The van der Waals surface area contributed by atoms with Crippen molar-refractivity contribution in [2.24, 2.45) is 11.3 Å². The summed E-state index contributed by atoms with van der Waals surface area (Å²) in [6.45, 7) is 13.5. The number of thiophene rings is 1. The summed E-state index contributed by atoms with van der Waals surface area (Å²) in [6.07, 6.45) is 2.32. The summed E-state index contributed by atoms with van der Waals surface area (Å²) < 4.78 is 0. The van der Waals surface area contributed by atoms with Gasteiger partial charge in [0.2, 0.25) is 0 Å². The maximum absolute atomic E-state index is 6.56. The zero-order chi connectivity index (χ0) is 13.2. The van der Waals surface area contributed by atoms with E-state index >= 15 is 0 Å². The molecule has 0 aromatic carbocycles. The first-order valence-electron chi connectivity index (χ1n) is 6.40. The van der Waals surface area contributed by atoms with Crippen molar-refractivity contribution in [3.63, 3.8) is 0 Å². The van der Waals surface area contributed by atoms with Gasteiger partial charge >= 0.3 is 0 Å². The van der Waals surface area contributed by atoms with E-state index in [2.05, 4.69) is 47.6 Å². The van der Waals surface area contributed by atoms with E-state index in [4.69, 9.17) is 11.6 Å². The van der Waals surface area contributed by atoms with Crippen molar-refractivity contribution in [1.82, 2.24) is 0 Å². The van der Waals surface area contributed by atoms with Gasteiger partial charge in [0.1, 0.15) is 0 Å². The Hall–Kier alpha value is -0.0100. The van der Waals surface area contributed by atoms with Crippen molar-refractivity contribution in [3.8, 4) is 0 Å². The highest BCUT2D eigenvalue weighted by atomic mass is 35.5. The van der Waals surface area contributed by atoms with Gasteiger partial charge in [-0.1, -0.05) is 27.7 Å². The van der Waals surface area contributed by atoms with Crippen LogP contribution in [-0.2, 0) is 0 Å². The molecule has 1 aromatic heterocycles. The van der Waals surface area contributed by atoms with Gasteiger partial charge in [0, 0.05) is 9.75 Å². The van der Waals surface area contributed by atoms with Crippen LogP contribution in [0.25, 0.3) is 0 Å². The highest BCUT2D eigenvalue weighted by molar-refractivity contribution is 7.12. The van der Waals surface area contributed by atoms with Crippen molar-refractivity contribution in [2.45, 2.75) is 59.8 Å². The molecule has 17 heavy (non-hydrogen) atoms. The third-order valence-electron chi connectivity index (χ3n) is 2.93. The average molecular weight is 273 g/mol. The van der Waals surface area contributed by atoms with Gasteiger partial charge in [-0.3, -0.25) is 0 Å². The second-order valence-electron chi connectivity index (χ2n) is 6.48. The van der Waals surface area contributed by atoms with E-state index in [1.165, 1.54) is 21.7 Å². The van der Waals surface area contributed by atoms with Crippen LogP contribution in [0.5, 0.6) is 0 Å². The standard InChI is InChI=1S/C15H25ClS/c1-10(9-15(4,5)6)7-13(16)14-11(2)8-12(3)17-14/h8,10,13H,7,9H2,1-6H3. The minimum absolute atomic E-state index is 0.186. The molecule has 0 aliphatic carbocycles. The topological polar surface area (TPSA) is 0 Å². The lowest BCUT2D eigenvalue weighted by Crippen LogP contribution is -2.12. The molecule has 1 rings (SSSR count). The monoisotopic (exact) mass is 272 g/mol. The van der Waals surface area contributed by atoms with Gasteiger partial charge in [-0.05, 0) is 49.7 Å². The van der Waals surface area contributed by atoms with Crippen LogP contribution in [0.1, 0.15) is 61.2 Å². The molecule has 0 amide bonds. The smallest absolute Gasteiger partial charge is 0.0683 e. The maximum atomic E-state index is 6.56. The fourth-order valence-electron chi connectivity index (χ4n) is 2.56. The first kappa shape index (κ1) is 15.0. The summed E-state index contributed by atoms with van der Waals surface area (Å²) in [5, 5.41) is 0.186. The largest absolute Gasteiger partial charge is 0.144 e. The van der Waals surface area contributed by atoms with E-state index < -0.39 is 0 Å². The molecule has 0 aliphatic heterocycles. The van der Waals surface area contributed by atoms with Gasteiger partial charge in [-0.2, -0.15) is 0 Å². The van der Waals surface area contributed by atoms with Crippen molar-refractivity contribution in [3.05, 3.63) is 21.4 Å². The van der Waals surface area contributed by atoms with Crippen LogP contribution >= 0.6 is 22.9 Å². The molecule has 0 aliphatic rings. The summed E-state index contributed by atoms with van der Waals surface area (Å²) in [4.78, 5) is 2.73. The molecule has 0 fully saturated rings. The Morgan fingerprint density at radius 3 is 2.29 bits per heavy atom. The first-order valence-corrected chi connectivity index (χ1v) is 7.65. The van der Waals surface area contributed by atoms with Gasteiger partial charge < -0.3 is 0 Å². The lowest BCUT2D eigenvalue weighted by molar-refractivity contribution is 0.295. The summed E-state index contributed by atoms with van der Waals surface area (Å²) in [5.41, 5.74) is 1.76. The van der Waals surface area contributed by atoms with Crippen LogP contribution in [0.2, 0.25) is 0 Å². The van der Waals surface area contributed by atoms with Gasteiger partial charge in [-0.15, -0.1) is 22.9 Å². The third kappa shape index (κ3) is 5.01. The molecule has 1 aromatic rings. The number of hydrogen-bond donors (Lipinski definition) is 0. The fraction of sp³-hybridized carbons (Fsp3) is 0.733. The Balaban J connectivity index is 2.60. The molecule has 0 bridgehead atoms. The van der Waals surface area contributed by atoms with Gasteiger partial charge in [0.05, 0.1) is 5.38 Å². The number of halogens is 1. The molecule has 98 valence electrons. The minimum Gasteiger partial charge on any atom is -0.144 e. The van der Waals surface area contributed by atoms with Gasteiger partial charge in [0.15, 0.2) is 0 Å². The van der Waals surface area contributed by atoms with E-state index in [-0.39, 0.29) is 5.38 Å². The van der Waals surface area contributed by atoms with Crippen molar-refractivity contribution < 1.29 is 0 Å². The van der Waals surface area contributed by atoms with Crippen molar-refractivity contribution >= 4 is 22.9 Å². The Morgan fingerprint density at radius 2 is 1.88 bits per heavy atom. The predicted molar refractivity (Wildman–Crippen MR) is 80.2 cm³/mol. The highest BCUT2D eigenvalue weighted by Crippen LogP contribution is 2.38. The van der Waals surface area contributed by atoms with Crippen LogP contribution < -0.4 is 0 Å². The van der Waals surface area contributed by atoms with E-state index in [1.807, 2.05) is 11.3 Å². The third-order valence-corrected chi connectivity index (χ3v) is 4.73. The molecule has 0 saturated heterocycles. The predicted octanol–water partition coefficient (Wildman–Crippen LogP) is 6.11. The summed E-state index contributed by atoms with van der Waals surface area (Å²) in [7, 11) is 0. The van der Waals surface area contributed by atoms with Crippen LogP contribution in [0.3, 0.4) is 0 Å². The SMILES string of the molecule is Cc1cc(C)c(C(Cl)CC(C)CC(C)(C)C)s1. The Labute approximate surface area is 115 Å². The van der Waals surface area contributed by atoms with E-state index in [1.54, 1.807) is 0 Å². The molecule has 0 radical (unpaired) electrons. The summed E-state index contributed by atoms with van der Waals surface area (Å²) in [5.74, 6) is 0.680. The van der Waals surface area contributed by atoms with Crippen LogP contribution in [-0.4, -0.2) is 0 Å². The second-order valence-corrected chi connectivity index (χ2v) is 8.29. The van der Waals surface area contributed by atoms with Crippen LogP contribution in [0.4, 0.5) is 0 Å². The van der Waals surface area contributed by atoms with Crippen molar-refractivity contribution in [1.29, 1.82) is 0 Å². The van der Waals surface area contributed by atoms with Gasteiger partial charge in [0.25, 0.3) is 0 Å². The van der Waals surface area contributed by atoms with Crippen LogP contribution in [0.15, 0.2) is 6.07 Å². The molecule has 1 heterocycles. The second kappa shape index (κ2) is 5.75. The van der Waals surface area contributed by atoms with E-state index in [0.29, 0.717) is 11.3 Å². The molecule has 0 spiro atoms. The van der Waals surface area contributed by atoms with E-state index in [0.717, 1.165) is 6.42 Å². The fourth-order valence-corrected chi connectivity index (χ4v) is 4.20. The minimum atomic E-state index is 0.186. The molecular weight excluding hydrogens is 248 g/mol. The zero-order valence-corrected chi connectivity index (χ0v) is 13.5. The Morgan fingerprint density at radius 1 is 1.29 bits per heavy atom. The molecule has 0 N–H and O–H groups in total. The average Bonchev–Trinajstić information content (AvgIpc) is 2.41. The number of alkyl halides is 1. The molecule has 2 heteroatoms. The number of aryl methyl sites for hydroxylation is 2. The van der Waals surface area contributed by atoms with Crippen LogP contribution in [0, 0.1) is 25.2 Å². The van der Waals surface area contributed by atoms with Gasteiger partial charge in [-0.25, -0.2) is 0 Å². The summed E-state index contributed by atoms with van der Waals surface area (Å²) >= 11 is 8.41. The Bertz CT molecular complexity index is 359. The Kier molecular flexibility index (Phi) is 5.09. The summed E-state index contributed by atoms with van der Waals surface area (Å²) in [6, 6.07) is 2.24. The van der Waals surface area contributed by atoms with Crippen molar-refractivity contribution in [2.75, 3.05) is 0 Å². The lowest BCUT2D eigenvalue weighted by Gasteiger charge is -2.24. The molecule has 0 nitrogen and oxygen atoms in total. The lowest BCUT2D eigenvalue weighted by atomic mass is 9.83. The molecule has 0 saturated carbocycles. The maximum Gasteiger partial charge on any atom is 0.0683 e. The van der Waals surface area contributed by atoms with E-state index in [9.17, 15) is 0 Å². The normalized spacial score (nSPS) is 15.9.